The van der Waals surface area contributed by atoms with Crippen molar-refractivity contribution >= 4 is 17.6 Å². The minimum atomic E-state index is -0.594. The Labute approximate surface area is 143 Å². The number of ether oxygens (including phenoxy) is 1. The van der Waals surface area contributed by atoms with Crippen LogP contribution in [-0.4, -0.2) is 25.0 Å². The number of anilines is 1. The van der Waals surface area contributed by atoms with Gasteiger partial charge in [0.25, 0.3) is 5.91 Å². The van der Waals surface area contributed by atoms with Gasteiger partial charge in [-0.05, 0) is 49.4 Å². The highest BCUT2D eigenvalue weighted by Gasteiger charge is 2.27. The maximum absolute atomic E-state index is 12.6. The van der Waals surface area contributed by atoms with Gasteiger partial charge in [-0.15, -0.1) is 0 Å². The summed E-state index contributed by atoms with van der Waals surface area (Å²) >= 11 is 0. The molecule has 0 bridgehead atoms. The van der Waals surface area contributed by atoms with E-state index in [0.717, 1.165) is 24.0 Å². The Bertz CT molecular complexity index is 584. The van der Waals surface area contributed by atoms with Crippen LogP contribution >= 0.6 is 0 Å². The number of esters is 1. The van der Waals surface area contributed by atoms with Crippen LogP contribution in [0.2, 0.25) is 0 Å². The molecule has 0 aliphatic heterocycles. The average molecular weight is 332 g/mol. The minimum Gasteiger partial charge on any atom is -0.467 e. The van der Waals surface area contributed by atoms with Crippen LogP contribution in [0.5, 0.6) is 0 Å². The summed E-state index contributed by atoms with van der Waals surface area (Å²) in [6.07, 6.45) is 6.53. The molecule has 5 nitrogen and oxygen atoms in total. The molecule has 0 aromatic heterocycles. The van der Waals surface area contributed by atoms with E-state index in [1.165, 1.54) is 26.4 Å². The monoisotopic (exact) mass is 332 g/mol. The molecule has 3 N–H and O–H groups in total. The van der Waals surface area contributed by atoms with Crippen molar-refractivity contribution in [3.8, 4) is 0 Å². The molecule has 1 amide bonds. The van der Waals surface area contributed by atoms with Crippen LogP contribution in [0.4, 0.5) is 5.69 Å². The van der Waals surface area contributed by atoms with E-state index in [2.05, 4.69) is 5.32 Å². The normalized spacial score (nSPS) is 16.5. The van der Waals surface area contributed by atoms with Crippen LogP contribution in [0, 0.1) is 19.8 Å². The van der Waals surface area contributed by atoms with E-state index in [1.807, 2.05) is 13.8 Å². The number of methoxy groups -OCH3 is 1. The van der Waals surface area contributed by atoms with E-state index in [-0.39, 0.29) is 11.9 Å². The molecule has 0 radical (unpaired) electrons. The number of nitrogen functional groups attached to an aromatic ring is 1. The lowest BCUT2D eigenvalue weighted by atomic mass is 9.84. The Morgan fingerprint density at radius 2 is 1.79 bits per heavy atom. The lowest BCUT2D eigenvalue weighted by Gasteiger charge is -2.26. The molecule has 1 aromatic rings. The fraction of sp³-hybridized carbons (Fsp3) is 0.579. The molecule has 24 heavy (non-hydrogen) atoms. The van der Waals surface area contributed by atoms with Gasteiger partial charge in [-0.3, -0.25) is 4.79 Å². The van der Waals surface area contributed by atoms with Gasteiger partial charge in [-0.25, -0.2) is 4.79 Å². The number of amides is 1. The summed E-state index contributed by atoms with van der Waals surface area (Å²) in [4.78, 5) is 24.7. The van der Waals surface area contributed by atoms with E-state index in [4.69, 9.17) is 10.5 Å². The quantitative estimate of drug-likeness (QED) is 0.641. The molecule has 132 valence electrons. The minimum absolute atomic E-state index is 0.257. The first-order valence-electron chi connectivity index (χ1n) is 8.67. The van der Waals surface area contributed by atoms with E-state index in [0.29, 0.717) is 23.6 Å². The first-order valence-corrected chi connectivity index (χ1v) is 8.67. The molecule has 0 heterocycles. The highest BCUT2D eigenvalue weighted by molar-refractivity contribution is 5.97. The van der Waals surface area contributed by atoms with Gasteiger partial charge in [0.1, 0.15) is 6.04 Å². The third-order valence-electron chi connectivity index (χ3n) is 4.94. The van der Waals surface area contributed by atoms with Gasteiger partial charge < -0.3 is 15.8 Å². The van der Waals surface area contributed by atoms with Gasteiger partial charge in [0, 0.05) is 11.3 Å². The Balaban J connectivity index is 2.10. The van der Waals surface area contributed by atoms with Crippen LogP contribution in [0.25, 0.3) is 0 Å². The highest BCUT2D eigenvalue weighted by atomic mass is 16.5. The van der Waals surface area contributed by atoms with Crippen molar-refractivity contribution < 1.29 is 14.3 Å². The number of nitrogens with one attached hydrogen (secondary N) is 1. The van der Waals surface area contributed by atoms with Gasteiger partial charge in [0.05, 0.1) is 7.11 Å². The van der Waals surface area contributed by atoms with Crippen LogP contribution in [-0.2, 0) is 9.53 Å². The zero-order chi connectivity index (χ0) is 17.7. The van der Waals surface area contributed by atoms with Crippen molar-refractivity contribution in [2.75, 3.05) is 12.8 Å². The zero-order valence-electron chi connectivity index (χ0n) is 14.9. The van der Waals surface area contributed by atoms with E-state index < -0.39 is 6.04 Å². The van der Waals surface area contributed by atoms with Gasteiger partial charge in [0.2, 0.25) is 0 Å². The molecule has 1 fully saturated rings. The number of carbonyl (C=O) groups is 2. The molecule has 1 aliphatic rings. The van der Waals surface area contributed by atoms with Gasteiger partial charge in [-0.1, -0.05) is 32.1 Å². The smallest absolute Gasteiger partial charge is 0.328 e. The fourth-order valence-corrected chi connectivity index (χ4v) is 3.46. The fourth-order valence-electron chi connectivity index (χ4n) is 3.46. The summed E-state index contributed by atoms with van der Waals surface area (Å²) < 4.78 is 4.88. The molecule has 0 spiro atoms. The lowest BCUT2D eigenvalue weighted by molar-refractivity contribution is -0.143. The van der Waals surface area contributed by atoms with Crippen molar-refractivity contribution in [2.24, 2.45) is 5.92 Å². The number of carbonyl (C=O) groups excluding carboxylic acids is 2. The second-order valence-corrected chi connectivity index (χ2v) is 6.81. The molecule has 1 aliphatic carbocycles. The van der Waals surface area contributed by atoms with Crippen molar-refractivity contribution in [3.05, 3.63) is 28.8 Å². The van der Waals surface area contributed by atoms with Crippen LogP contribution in [0.3, 0.4) is 0 Å². The molecule has 1 saturated carbocycles. The summed E-state index contributed by atoms with van der Waals surface area (Å²) in [5.74, 6) is -0.164. The molecule has 1 atom stereocenters. The summed E-state index contributed by atoms with van der Waals surface area (Å²) in [5.41, 5.74) is 8.88. The van der Waals surface area contributed by atoms with Gasteiger partial charge >= 0.3 is 5.97 Å². The predicted octanol–water partition coefficient (Wildman–Crippen LogP) is 3.13. The van der Waals surface area contributed by atoms with E-state index >= 15 is 0 Å². The van der Waals surface area contributed by atoms with E-state index in [1.54, 1.807) is 12.1 Å². The summed E-state index contributed by atoms with van der Waals surface area (Å²) in [5, 5.41) is 2.85. The summed E-state index contributed by atoms with van der Waals surface area (Å²) in [6.45, 7) is 3.75. The molecular weight excluding hydrogens is 304 g/mol. The Kier molecular flexibility index (Phi) is 6.23. The van der Waals surface area contributed by atoms with Crippen molar-refractivity contribution in [3.63, 3.8) is 0 Å². The Morgan fingerprint density at radius 1 is 1.21 bits per heavy atom. The maximum atomic E-state index is 12.6. The highest BCUT2D eigenvalue weighted by Crippen LogP contribution is 2.28. The molecule has 0 unspecified atom stereocenters. The first kappa shape index (κ1) is 18.3. The summed E-state index contributed by atoms with van der Waals surface area (Å²) in [7, 11) is 1.36. The lowest BCUT2D eigenvalue weighted by Crippen LogP contribution is -2.43. The largest absolute Gasteiger partial charge is 0.467 e. The molecule has 2 rings (SSSR count). The second-order valence-electron chi connectivity index (χ2n) is 6.81. The Hall–Kier alpha value is -2.04. The van der Waals surface area contributed by atoms with Crippen molar-refractivity contribution in [1.82, 2.24) is 5.32 Å². The third kappa shape index (κ3) is 4.49. The maximum Gasteiger partial charge on any atom is 0.328 e. The summed E-state index contributed by atoms with van der Waals surface area (Å²) in [6, 6.07) is 2.92. The number of aryl methyl sites for hydroxylation is 2. The van der Waals surface area contributed by atoms with Gasteiger partial charge in [0.15, 0.2) is 0 Å². The standard InChI is InChI=1S/C19H28N2O3/c1-12-9-15(10-13(2)17(12)20)18(22)21-16(19(23)24-3)11-14-7-5-4-6-8-14/h9-10,14,16H,4-8,11,20H2,1-3H3,(H,21,22)/t16-/m1/s1. The van der Waals surface area contributed by atoms with Crippen molar-refractivity contribution in [1.29, 1.82) is 0 Å². The predicted molar refractivity (Wildman–Crippen MR) is 94.8 cm³/mol. The van der Waals surface area contributed by atoms with Crippen LogP contribution in [0.1, 0.15) is 60.0 Å². The SMILES string of the molecule is COC(=O)[C@@H](CC1CCCCC1)NC(=O)c1cc(C)c(N)c(C)c1. The van der Waals surface area contributed by atoms with E-state index in [9.17, 15) is 9.59 Å². The number of hydrogen-bond donors (Lipinski definition) is 2. The topological polar surface area (TPSA) is 81.4 Å². The van der Waals surface area contributed by atoms with Crippen LogP contribution < -0.4 is 11.1 Å². The third-order valence-corrected chi connectivity index (χ3v) is 4.94. The average Bonchev–Trinajstić information content (AvgIpc) is 2.58. The molecular formula is C19H28N2O3. The number of hydrogen-bond acceptors (Lipinski definition) is 4. The number of nitrogens with two attached hydrogens (primary N) is 1. The Morgan fingerprint density at radius 3 is 2.33 bits per heavy atom. The first-order chi connectivity index (χ1) is 11.4. The molecule has 1 aromatic carbocycles. The van der Waals surface area contributed by atoms with Crippen LogP contribution in [0.15, 0.2) is 12.1 Å². The van der Waals surface area contributed by atoms with Gasteiger partial charge in [-0.2, -0.15) is 0 Å². The molecule has 5 heteroatoms. The number of benzene rings is 1. The zero-order valence-corrected chi connectivity index (χ0v) is 14.9. The number of rotatable bonds is 5. The second kappa shape index (κ2) is 8.18. The molecule has 0 saturated heterocycles. The van der Waals surface area contributed by atoms with Crippen molar-refractivity contribution in [2.45, 2.75) is 58.4 Å².